The van der Waals surface area contributed by atoms with Crippen molar-refractivity contribution < 1.29 is 14.3 Å². The van der Waals surface area contributed by atoms with Crippen LogP contribution in [0.3, 0.4) is 0 Å². The zero-order valence-corrected chi connectivity index (χ0v) is 13.4. The molecule has 2 fully saturated rings. The number of hydrogen-bond acceptors (Lipinski definition) is 4. The summed E-state index contributed by atoms with van der Waals surface area (Å²) in [4.78, 5) is 28.6. The van der Waals surface area contributed by atoms with E-state index in [2.05, 4.69) is 5.10 Å². The molecule has 0 aliphatic carbocycles. The lowest BCUT2D eigenvalue weighted by Crippen LogP contribution is -2.53. The number of likely N-dealkylation sites (tertiary alicyclic amines) is 1. The van der Waals surface area contributed by atoms with Crippen molar-refractivity contribution in [1.82, 2.24) is 19.6 Å². The minimum atomic E-state index is -0.525. The fourth-order valence-corrected chi connectivity index (χ4v) is 3.15. The van der Waals surface area contributed by atoms with Crippen LogP contribution in [-0.4, -0.2) is 70.3 Å². The Morgan fingerprint density at radius 3 is 2.57 bits per heavy atom. The SMILES string of the molecule is O=C(Cn1cccn1)N1CCOC(C(=O)N2CCCCCC2)C1. The van der Waals surface area contributed by atoms with Gasteiger partial charge in [0.25, 0.3) is 5.91 Å². The molecule has 1 atom stereocenters. The second-order valence-corrected chi connectivity index (χ2v) is 6.14. The van der Waals surface area contributed by atoms with E-state index in [1.807, 2.05) is 4.90 Å². The van der Waals surface area contributed by atoms with Gasteiger partial charge in [-0.3, -0.25) is 14.3 Å². The second kappa shape index (κ2) is 7.59. The molecule has 2 aliphatic rings. The molecule has 0 saturated carbocycles. The molecule has 1 unspecified atom stereocenters. The first-order chi connectivity index (χ1) is 11.2. The van der Waals surface area contributed by atoms with Crippen molar-refractivity contribution in [1.29, 1.82) is 0 Å². The van der Waals surface area contributed by atoms with Gasteiger partial charge in [0.2, 0.25) is 5.91 Å². The van der Waals surface area contributed by atoms with E-state index in [4.69, 9.17) is 4.74 Å². The molecule has 0 bridgehead atoms. The highest BCUT2D eigenvalue weighted by molar-refractivity contribution is 5.83. The Morgan fingerprint density at radius 1 is 1.09 bits per heavy atom. The topological polar surface area (TPSA) is 67.7 Å². The summed E-state index contributed by atoms with van der Waals surface area (Å²) in [6.45, 7) is 3.10. The van der Waals surface area contributed by atoms with Gasteiger partial charge in [0.15, 0.2) is 6.10 Å². The number of hydrogen-bond donors (Lipinski definition) is 0. The van der Waals surface area contributed by atoms with Crippen LogP contribution in [0.15, 0.2) is 18.5 Å². The van der Waals surface area contributed by atoms with Gasteiger partial charge in [-0.1, -0.05) is 12.8 Å². The number of morpholine rings is 1. The highest BCUT2D eigenvalue weighted by Crippen LogP contribution is 2.14. The lowest BCUT2D eigenvalue weighted by molar-refractivity contribution is -0.154. The molecule has 1 aromatic rings. The van der Waals surface area contributed by atoms with E-state index in [0.29, 0.717) is 19.7 Å². The molecule has 2 aliphatic heterocycles. The molecule has 0 N–H and O–H groups in total. The van der Waals surface area contributed by atoms with Crippen LogP contribution >= 0.6 is 0 Å². The summed E-state index contributed by atoms with van der Waals surface area (Å²) in [5.41, 5.74) is 0. The molecule has 3 rings (SSSR count). The fraction of sp³-hybridized carbons (Fsp3) is 0.688. The van der Waals surface area contributed by atoms with Gasteiger partial charge >= 0.3 is 0 Å². The van der Waals surface area contributed by atoms with Crippen molar-refractivity contribution in [3.63, 3.8) is 0 Å². The molecule has 1 aromatic heterocycles. The van der Waals surface area contributed by atoms with Crippen molar-refractivity contribution in [2.75, 3.05) is 32.8 Å². The van der Waals surface area contributed by atoms with Gasteiger partial charge < -0.3 is 14.5 Å². The largest absolute Gasteiger partial charge is 0.365 e. The van der Waals surface area contributed by atoms with Gasteiger partial charge in [0, 0.05) is 32.0 Å². The van der Waals surface area contributed by atoms with E-state index in [1.54, 1.807) is 28.0 Å². The Kier molecular flexibility index (Phi) is 5.27. The second-order valence-electron chi connectivity index (χ2n) is 6.14. The summed E-state index contributed by atoms with van der Waals surface area (Å²) in [6, 6.07) is 1.79. The summed E-state index contributed by atoms with van der Waals surface area (Å²) in [5, 5.41) is 4.05. The van der Waals surface area contributed by atoms with Gasteiger partial charge in [-0.2, -0.15) is 5.10 Å². The Bertz CT molecular complexity index is 523. The Hall–Kier alpha value is -1.89. The van der Waals surface area contributed by atoms with Crippen LogP contribution in [0.2, 0.25) is 0 Å². The summed E-state index contributed by atoms with van der Waals surface area (Å²) in [7, 11) is 0. The van der Waals surface area contributed by atoms with Crippen LogP contribution < -0.4 is 0 Å². The molecule has 0 aromatic carbocycles. The first-order valence-electron chi connectivity index (χ1n) is 8.39. The highest BCUT2D eigenvalue weighted by Gasteiger charge is 2.32. The quantitative estimate of drug-likeness (QED) is 0.814. The van der Waals surface area contributed by atoms with Crippen LogP contribution in [-0.2, 0) is 20.9 Å². The fourth-order valence-electron chi connectivity index (χ4n) is 3.15. The van der Waals surface area contributed by atoms with Gasteiger partial charge in [0.1, 0.15) is 6.54 Å². The monoisotopic (exact) mass is 320 g/mol. The predicted octanol–water partition coefficient (Wildman–Crippen LogP) is 0.513. The average molecular weight is 320 g/mol. The van der Waals surface area contributed by atoms with E-state index in [9.17, 15) is 9.59 Å². The van der Waals surface area contributed by atoms with Crippen molar-refractivity contribution in [3.8, 4) is 0 Å². The summed E-state index contributed by atoms with van der Waals surface area (Å²) in [6.07, 6.45) is 7.37. The summed E-state index contributed by atoms with van der Waals surface area (Å²) >= 11 is 0. The zero-order valence-electron chi connectivity index (χ0n) is 13.4. The number of rotatable bonds is 3. The third kappa shape index (κ3) is 4.10. The number of ether oxygens (including phenoxy) is 1. The minimum absolute atomic E-state index is 0.0225. The molecule has 7 nitrogen and oxygen atoms in total. The molecule has 3 heterocycles. The maximum absolute atomic E-state index is 12.6. The first kappa shape index (κ1) is 16.0. The van der Waals surface area contributed by atoms with E-state index < -0.39 is 6.10 Å². The standard InChI is InChI=1S/C16H24N4O3/c21-15(13-20-9-5-6-17-20)19-10-11-23-14(12-19)16(22)18-7-3-1-2-4-8-18/h5-6,9,14H,1-4,7-8,10-13H2. The van der Waals surface area contributed by atoms with Crippen molar-refractivity contribution in [2.45, 2.75) is 38.3 Å². The van der Waals surface area contributed by atoms with Gasteiger partial charge in [-0.15, -0.1) is 0 Å². The predicted molar refractivity (Wildman–Crippen MR) is 83.6 cm³/mol. The number of carbonyl (C=O) groups excluding carboxylic acids is 2. The maximum atomic E-state index is 12.6. The smallest absolute Gasteiger partial charge is 0.253 e. The zero-order chi connectivity index (χ0) is 16.1. The third-order valence-corrected chi connectivity index (χ3v) is 4.47. The third-order valence-electron chi connectivity index (χ3n) is 4.47. The highest BCUT2D eigenvalue weighted by atomic mass is 16.5. The molecule has 7 heteroatoms. The Balaban J connectivity index is 1.56. The molecule has 2 saturated heterocycles. The maximum Gasteiger partial charge on any atom is 0.253 e. The number of aromatic nitrogens is 2. The molecule has 0 radical (unpaired) electrons. The molecular weight excluding hydrogens is 296 g/mol. The number of amides is 2. The van der Waals surface area contributed by atoms with Crippen molar-refractivity contribution in [3.05, 3.63) is 18.5 Å². The molecule has 126 valence electrons. The summed E-state index contributed by atoms with van der Waals surface area (Å²) < 4.78 is 7.24. The van der Waals surface area contributed by atoms with E-state index in [0.717, 1.165) is 25.9 Å². The van der Waals surface area contributed by atoms with Crippen LogP contribution in [0.1, 0.15) is 25.7 Å². The Morgan fingerprint density at radius 2 is 1.87 bits per heavy atom. The molecular formula is C16H24N4O3. The van der Waals surface area contributed by atoms with E-state index in [1.165, 1.54) is 12.8 Å². The average Bonchev–Trinajstić information content (AvgIpc) is 2.94. The van der Waals surface area contributed by atoms with Crippen molar-refractivity contribution in [2.24, 2.45) is 0 Å². The first-order valence-corrected chi connectivity index (χ1v) is 8.39. The molecule has 0 spiro atoms. The number of carbonyl (C=O) groups is 2. The van der Waals surface area contributed by atoms with Gasteiger partial charge in [0.05, 0.1) is 13.2 Å². The normalized spacial score (nSPS) is 22.7. The molecule has 2 amide bonds. The minimum Gasteiger partial charge on any atom is -0.365 e. The van der Waals surface area contributed by atoms with Crippen LogP contribution in [0.5, 0.6) is 0 Å². The van der Waals surface area contributed by atoms with Gasteiger partial charge in [-0.05, 0) is 18.9 Å². The Labute approximate surface area is 136 Å². The van der Waals surface area contributed by atoms with Crippen LogP contribution in [0, 0.1) is 0 Å². The van der Waals surface area contributed by atoms with Gasteiger partial charge in [-0.25, -0.2) is 0 Å². The summed E-state index contributed by atoms with van der Waals surface area (Å²) in [5.74, 6) is 0.00848. The van der Waals surface area contributed by atoms with Crippen molar-refractivity contribution >= 4 is 11.8 Å². The van der Waals surface area contributed by atoms with Crippen LogP contribution in [0.25, 0.3) is 0 Å². The van der Waals surface area contributed by atoms with E-state index >= 15 is 0 Å². The van der Waals surface area contributed by atoms with E-state index in [-0.39, 0.29) is 18.4 Å². The van der Waals surface area contributed by atoms with Crippen LogP contribution in [0.4, 0.5) is 0 Å². The number of nitrogens with zero attached hydrogens (tertiary/aromatic N) is 4. The molecule has 23 heavy (non-hydrogen) atoms. The lowest BCUT2D eigenvalue weighted by Gasteiger charge is -2.34. The lowest BCUT2D eigenvalue weighted by atomic mass is 10.2.